The van der Waals surface area contributed by atoms with Gasteiger partial charge in [-0.2, -0.15) is 0 Å². The summed E-state index contributed by atoms with van der Waals surface area (Å²) < 4.78 is 7.66. The number of nitrogens with one attached hydrogen (secondary N) is 1. The highest BCUT2D eigenvalue weighted by molar-refractivity contribution is 9.13. The van der Waals surface area contributed by atoms with Crippen molar-refractivity contribution in [3.63, 3.8) is 0 Å². The molecule has 1 aliphatic heterocycles. The molecule has 2 nitrogen and oxygen atoms in total. The van der Waals surface area contributed by atoms with Crippen LogP contribution in [0.4, 0.5) is 5.69 Å². The summed E-state index contributed by atoms with van der Waals surface area (Å²) in [5.74, 6) is 1.02. The lowest BCUT2D eigenvalue weighted by molar-refractivity contribution is 0.357. The maximum absolute atomic E-state index is 5.51. The quantitative estimate of drug-likeness (QED) is 0.826. The molecule has 0 bridgehead atoms. The molecular formula is C15H13Br2NO. The summed E-state index contributed by atoms with van der Waals surface area (Å²) >= 11 is 7.00. The van der Waals surface area contributed by atoms with Gasteiger partial charge in [0.1, 0.15) is 5.75 Å². The van der Waals surface area contributed by atoms with E-state index in [4.69, 9.17) is 4.74 Å². The molecule has 0 atom stereocenters. The molecule has 1 N–H and O–H groups in total. The lowest BCUT2D eigenvalue weighted by Gasteiger charge is -2.09. The fourth-order valence-electron chi connectivity index (χ4n) is 2.15. The van der Waals surface area contributed by atoms with E-state index in [2.05, 4.69) is 67.5 Å². The summed E-state index contributed by atoms with van der Waals surface area (Å²) in [4.78, 5) is 0. The third kappa shape index (κ3) is 2.95. The van der Waals surface area contributed by atoms with Crippen LogP contribution in [0.25, 0.3) is 0 Å². The molecule has 2 aromatic rings. The van der Waals surface area contributed by atoms with Crippen LogP contribution in [-0.2, 0) is 13.0 Å². The summed E-state index contributed by atoms with van der Waals surface area (Å²) in [7, 11) is 0. The molecule has 0 spiro atoms. The summed E-state index contributed by atoms with van der Waals surface area (Å²) in [6.07, 6.45) is 1.01. The number of hydrogen-bond donors (Lipinski definition) is 1. The highest BCUT2D eigenvalue weighted by Crippen LogP contribution is 2.28. The van der Waals surface area contributed by atoms with Crippen LogP contribution in [0.3, 0.4) is 0 Å². The van der Waals surface area contributed by atoms with E-state index in [1.165, 1.54) is 11.1 Å². The van der Waals surface area contributed by atoms with Gasteiger partial charge >= 0.3 is 0 Å². The molecule has 0 unspecified atom stereocenters. The van der Waals surface area contributed by atoms with Gasteiger partial charge in [-0.3, -0.25) is 0 Å². The summed E-state index contributed by atoms with van der Waals surface area (Å²) in [5, 5.41) is 3.45. The Balaban J connectivity index is 1.70. The van der Waals surface area contributed by atoms with E-state index in [-0.39, 0.29) is 0 Å². The number of hydrogen-bond acceptors (Lipinski definition) is 2. The highest BCUT2D eigenvalue weighted by atomic mass is 79.9. The summed E-state index contributed by atoms with van der Waals surface area (Å²) in [6.45, 7) is 1.62. The van der Waals surface area contributed by atoms with Crippen molar-refractivity contribution in [2.45, 2.75) is 13.0 Å². The van der Waals surface area contributed by atoms with Crippen molar-refractivity contribution in [2.24, 2.45) is 0 Å². The Hall–Kier alpha value is -1.00. The van der Waals surface area contributed by atoms with Gasteiger partial charge in [-0.05, 0) is 73.3 Å². The molecular weight excluding hydrogens is 370 g/mol. The first-order chi connectivity index (χ1) is 9.22. The van der Waals surface area contributed by atoms with Crippen molar-refractivity contribution < 1.29 is 4.74 Å². The van der Waals surface area contributed by atoms with E-state index in [0.717, 1.165) is 40.0 Å². The standard InChI is InChI=1S/C15H13Br2NO/c16-13-3-1-10(7-14(13)17)9-18-12-2-4-15-11(8-12)5-6-19-15/h1-4,7-8,18H,5-6,9H2. The molecule has 0 saturated heterocycles. The van der Waals surface area contributed by atoms with Crippen LogP contribution < -0.4 is 10.1 Å². The van der Waals surface area contributed by atoms with Gasteiger partial charge in [0.15, 0.2) is 0 Å². The molecule has 1 heterocycles. The van der Waals surface area contributed by atoms with Crippen molar-refractivity contribution in [3.8, 4) is 5.75 Å². The first kappa shape index (κ1) is 13.0. The Kier molecular flexibility index (Phi) is 3.80. The van der Waals surface area contributed by atoms with E-state index in [0.29, 0.717) is 0 Å². The van der Waals surface area contributed by atoms with Gasteiger partial charge in [-0.15, -0.1) is 0 Å². The molecule has 1 aliphatic rings. The normalized spacial score (nSPS) is 12.9. The van der Waals surface area contributed by atoms with Crippen LogP contribution in [0, 0.1) is 0 Å². The Morgan fingerprint density at radius 3 is 2.79 bits per heavy atom. The van der Waals surface area contributed by atoms with Gasteiger partial charge in [0.25, 0.3) is 0 Å². The molecule has 98 valence electrons. The molecule has 0 saturated carbocycles. The van der Waals surface area contributed by atoms with Gasteiger partial charge in [0.05, 0.1) is 6.61 Å². The molecule has 0 aromatic heterocycles. The minimum absolute atomic E-state index is 0.804. The number of anilines is 1. The van der Waals surface area contributed by atoms with Crippen LogP contribution in [0.15, 0.2) is 45.3 Å². The van der Waals surface area contributed by atoms with Gasteiger partial charge in [0.2, 0.25) is 0 Å². The molecule has 0 aliphatic carbocycles. The third-order valence-corrected chi connectivity index (χ3v) is 5.05. The number of benzene rings is 2. The second kappa shape index (κ2) is 5.55. The molecule has 0 fully saturated rings. The molecule has 3 rings (SSSR count). The topological polar surface area (TPSA) is 21.3 Å². The maximum Gasteiger partial charge on any atom is 0.122 e. The Bertz CT molecular complexity index is 613. The van der Waals surface area contributed by atoms with Crippen molar-refractivity contribution in [1.29, 1.82) is 0 Å². The predicted molar refractivity (Wildman–Crippen MR) is 84.8 cm³/mol. The SMILES string of the molecule is Brc1ccc(CNc2ccc3c(c2)CCO3)cc1Br. The smallest absolute Gasteiger partial charge is 0.122 e. The van der Waals surface area contributed by atoms with E-state index >= 15 is 0 Å². The Morgan fingerprint density at radius 2 is 1.95 bits per heavy atom. The van der Waals surface area contributed by atoms with E-state index in [9.17, 15) is 0 Å². The zero-order valence-electron chi connectivity index (χ0n) is 10.2. The molecule has 4 heteroatoms. The number of ether oxygens (including phenoxy) is 1. The monoisotopic (exact) mass is 381 g/mol. The van der Waals surface area contributed by atoms with Crippen molar-refractivity contribution in [2.75, 3.05) is 11.9 Å². The van der Waals surface area contributed by atoms with Gasteiger partial charge in [0, 0.05) is 27.6 Å². The number of halogens is 2. The van der Waals surface area contributed by atoms with Gasteiger partial charge < -0.3 is 10.1 Å². The minimum Gasteiger partial charge on any atom is -0.493 e. The fraction of sp³-hybridized carbons (Fsp3) is 0.200. The zero-order valence-corrected chi connectivity index (χ0v) is 13.4. The fourth-order valence-corrected chi connectivity index (χ4v) is 2.82. The van der Waals surface area contributed by atoms with E-state index < -0.39 is 0 Å². The zero-order chi connectivity index (χ0) is 13.2. The van der Waals surface area contributed by atoms with E-state index in [1.54, 1.807) is 0 Å². The number of rotatable bonds is 3. The van der Waals surface area contributed by atoms with Crippen molar-refractivity contribution in [1.82, 2.24) is 0 Å². The Labute approximate surface area is 129 Å². The lowest BCUT2D eigenvalue weighted by Crippen LogP contribution is -1.99. The molecule has 0 radical (unpaired) electrons. The highest BCUT2D eigenvalue weighted by Gasteiger charge is 2.11. The maximum atomic E-state index is 5.51. The second-order valence-corrected chi connectivity index (χ2v) is 6.23. The van der Waals surface area contributed by atoms with Gasteiger partial charge in [-0.1, -0.05) is 6.07 Å². The Morgan fingerprint density at radius 1 is 1.05 bits per heavy atom. The molecule has 2 aromatic carbocycles. The number of fused-ring (bicyclic) bond motifs is 1. The van der Waals surface area contributed by atoms with Crippen LogP contribution >= 0.6 is 31.9 Å². The molecule has 19 heavy (non-hydrogen) atoms. The first-order valence-corrected chi connectivity index (χ1v) is 7.74. The third-order valence-electron chi connectivity index (χ3n) is 3.17. The summed E-state index contributed by atoms with van der Waals surface area (Å²) in [5.41, 5.74) is 3.68. The van der Waals surface area contributed by atoms with Crippen LogP contribution in [0.5, 0.6) is 5.75 Å². The minimum atomic E-state index is 0.804. The van der Waals surface area contributed by atoms with Gasteiger partial charge in [-0.25, -0.2) is 0 Å². The van der Waals surface area contributed by atoms with Crippen molar-refractivity contribution >= 4 is 37.5 Å². The van der Waals surface area contributed by atoms with Crippen LogP contribution in [0.1, 0.15) is 11.1 Å². The van der Waals surface area contributed by atoms with E-state index in [1.807, 2.05) is 6.07 Å². The predicted octanol–water partition coefficient (Wildman–Crippen LogP) is 4.76. The summed E-state index contributed by atoms with van der Waals surface area (Å²) in [6, 6.07) is 12.6. The van der Waals surface area contributed by atoms with Crippen LogP contribution in [0.2, 0.25) is 0 Å². The lowest BCUT2D eigenvalue weighted by atomic mass is 10.1. The molecule has 0 amide bonds. The first-order valence-electron chi connectivity index (χ1n) is 6.16. The average Bonchev–Trinajstić information content (AvgIpc) is 2.87. The van der Waals surface area contributed by atoms with Crippen LogP contribution in [-0.4, -0.2) is 6.61 Å². The average molecular weight is 383 g/mol. The van der Waals surface area contributed by atoms with Crippen molar-refractivity contribution in [3.05, 3.63) is 56.5 Å². The largest absolute Gasteiger partial charge is 0.493 e. The second-order valence-electron chi connectivity index (χ2n) is 4.52.